The Morgan fingerprint density at radius 1 is 1.43 bits per heavy atom. The molecule has 1 aromatic heterocycles. The van der Waals surface area contributed by atoms with Crippen molar-refractivity contribution < 1.29 is 4.52 Å². The summed E-state index contributed by atoms with van der Waals surface area (Å²) in [5.74, 6) is 0.749. The molecule has 0 fully saturated rings. The molecular weight excluding hydrogens is 178 g/mol. The molecule has 0 radical (unpaired) electrons. The average Bonchev–Trinajstić information content (AvgIpc) is 2.63. The number of rotatable bonds is 3. The summed E-state index contributed by atoms with van der Waals surface area (Å²) in [6, 6.07) is 7.70. The smallest absolute Gasteiger partial charge is 0.177 e. The third kappa shape index (κ3) is 1.54. The molecule has 0 amide bonds. The number of para-hydroxylation sites is 1. The lowest BCUT2D eigenvalue weighted by Gasteiger charge is -1.96. The van der Waals surface area contributed by atoms with Crippen molar-refractivity contribution in [3.63, 3.8) is 0 Å². The van der Waals surface area contributed by atoms with Crippen LogP contribution in [-0.4, -0.2) is 11.7 Å². The van der Waals surface area contributed by atoms with Crippen molar-refractivity contribution in [1.82, 2.24) is 5.16 Å². The van der Waals surface area contributed by atoms with Crippen LogP contribution >= 0.6 is 0 Å². The van der Waals surface area contributed by atoms with E-state index in [1.165, 1.54) is 6.20 Å². The molecular formula is C10H11N3O. The molecule has 0 saturated carbocycles. The highest BCUT2D eigenvalue weighted by atomic mass is 16.5. The molecule has 0 spiro atoms. The van der Waals surface area contributed by atoms with Crippen molar-refractivity contribution in [2.45, 2.75) is 0 Å². The summed E-state index contributed by atoms with van der Waals surface area (Å²) in [5.41, 5.74) is 6.00. The van der Waals surface area contributed by atoms with Gasteiger partial charge in [0, 0.05) is 6.54 Å². The Bertz CT molecular complexity index is 447. The molecule has 0 saturated heterocycles. The Labute approximate surface area is 81.4 Å². The minimum absolute atomic E-state index is 0.646. The first-order valence-corrected chi connectivity index (χ1v) is 4.37. The predicted octanol–water partition coefficient (Wildman–Crippen LogP) is 1.71. The standard InChI is InChI=1S/C10H11N3O/c11-6-3-7-12-10-8-4-1-2-5-9(8)14-13-10/h1-6H,7,11H2,(H,12,13). The minimum Gasteiger partial charge on any atom is -0.405 e. The Balaban J connectivity index is 2.25. The number of aromatic nitrogens is 1. The van der Waals surface area contributed by atoms with E-state index in [2.05, 4.69) is 10.5 Å². The lowest BCUT2D eigenvalue weighted by atomic mass is 10.2. The number of nitrogens with one attached hydrogen (secondary N) is 1. The van der Waals surface area contributed by atoms with Crippen LogP contribution in [0.1, 0.15) is 0 Å². The summed E-state index contributed by atoms with van der Waals surface area (Å²) < 4.78 is 5.11. The van der Waals surface area contributed by atoms with Crippen molar-refractivity contribution in [3.05, 3.63) is 36.5 Å². The lowest BCUT2D eigenvalue weighted by Crippen LogP contribution is -1.99. The van der Waals surface area contributed by atoms with Gasteiger partial charge < -0.3 is 15.6 Å². The van der Waals surface area contributed by atoms with E-state index in [9.17, 15) is 0 Å². The summed E-state index contributed by atoms with van der Waals surface area (Å²) in [4.78, 5) is 0. The SMILES string of the molecule is NC=CCNc1noc2ccccc12. The third-order valence-corrected chi connectivity index (χ3v) is 1.90. The summed E-state index contributed by atoms with van der Waals surface area (Å²) in [6.45, 7) is 0.646. The van der Waals surface area contributed by atoms with Gasteiger partial charge in [-0.25, -0.2) is 0 Å². The zero-order valence-corrected chi connectivity index (χ0v) is 7.60. The second-order valence-corrected chi connectivity index (χ2v) is 2.84. The normalized spacial score (nSPS) is 11.1. The van der Waals surface area contributed by atoms with Gasteiger partial charge in [-0.1, -0.05) is 17.3 Å². The Morgan fingerprint density at radius 2 is 2.29 bits per heavy atom. The molecule has 4 heteroatoms. The molecule has 0 aliphatic heterocycles. The van der Waals surface area contributed by atoms with E-state index < -0.39 is 0 Å². The van der Waals surface area contributed by atoms with Gasteiger partial charge in [0.1, 0.15) is 0 Å². The summed E-state index contributed by atoms with van der Waals surface area (Å²) in [6.07, 6.45) is 3.30. The van der Waals surface area contributed by atoms with Crippen LogP contribution in [0.3, 0.4) is 0 Å². The van der Waals surface area contributed by atoms with Crippen molar-refractivity contribution in [2.24, 2.45) is 5.73 Å². The quantitative estimate of drug-likeness (QED) is 0.771. The fourth-order valence-electron chi connectivity index (χ4n) is 1.24. The third-order valence-electron chi connectivity index (χ3n) is 1.90. The van der Waals surface area contributed by atoms with Crippen LogP contribution < -0.4 is 11.1 Å². The molecule has 0 aliphatic rings. The van der Waals surface area contributed by atoms with E-state index in [4.69, 9.17) is 10.3 Å². The second kappa shape index (κ2) is 3.83. The Hall–Kier alpha value is -1.97. The molecule has 0 unspecified atom stereocenters. The van der Waals surface area contributed by atoms with Crippen LogP contribution in [0.2, 0.25) is 0 Å². The van der Waals surface area contributed by atoms with E-state index in [0.29, 0.717) is 6.54 Å². The molecule has 3 N–H and O–H groups in total. The van der Waals surface area contributed by atoms with Crippen molar-refractivity contribution in [2.75, 3.05) is 11.9 Å². The van der Waals surface area contributed by atoms with Gasteiger partial charge in [0.25, 0.3) is 0 Å². The fourth-order valence-corrected chi connectivity index (χ4v) is 1.24. The van der Waals surface area contributed by atoms with Gasteiger partial charge in [-0.15, -0.1) is 0 Å². The van der Waals surface area contributed by atoms with Crippen LogP contribution in [0.15, 0.2) is 41.1 Å². The summed E-state index contributed by atoms with van der Waals surface area (Å²) in [5, 5.41) is 7.99. The largest absolute Gasteiger partial charge is 0.405 e. The fraction of sp³-hybridized carbons (Fsp3) is 0.100. The van der Waals surface area contributed by atoms with Gasteiger partial charge in [0.05, 0.1) is 5.39 Å². The van der Waals surface area contributed by atoms with E-state index in [1.54, 1.807) is 0 Å². The van der Waals surface area contributed by atoms with Gasteiger partial charge in [0.2, 0.25) is 0 Å². The molecule has 0 atom stereocenters. The number of hydrogen-bond acceptors (Lipinski definition) is 4. The zero-order chi connectivity index (χ0) is 9.80. The van der Waals surface area contributed by atoms with E-state index in [0.717, 1.165) is 16.8 Å². The van der Waals surface area contributed by atoms with Crippen LogP contribution in [-0.2, 0) is 0 Å². The molecule has 14 heavy (non-hydrogen) atoms. The molecule has 1 heterocycles. The van der Waals surface area contributed by atoms with Crippen molar-refractivity contribution in [3.8, 4) is 0 Å². The monoisotopic (exact) mass is 189 g/mol. The number of nitrogens with two attached hydrogens (primary N) is 1. The first-order valence-electron chi connectivity index (χ1n) is 4.37. The first kappa shape index (κ1) is 8.62. The van der Waals surface area contributed by atoms with E-state index in [1.807, 2.05) is 30.3 Å². The maximum absolute atomic E-state index is 5.22. The molecule has 4 nitrogen and oxygen atoms in total. The highest BCUT2D eigenvalue weighted by molar-refractivity contribution is 5.87. The van der Waals surface area contributed by atoms with Crippen molar-refractivity contribution in [1.29, 1.82) is 0 Å². The second-order valence-electron chi connectivity index (χ2n) is 2.84. The molecule has 2 rings (SSSR count). The maximum Gasteiger partial charge on any atom is 0.177 e. The zero-order valence-electron chi connectivity index (χ0n) is 7.60. The van der Waals surface area contributed by atoms with Crippen molar-refractivity contribution >= 4 is 16.8 Å². The predicted molar refractivity (Wildman–Crippen MR) is 55.8 cm³/mol. The number of anilines is 1. The topological polar surface area (TPSA) is 64.1 Å². The molecule has 0 aliphatic carbocycles. The highest BCUT2D eigenvalue weighted by Crippen LogP contribution is 2.21. The summed E-state index contributed by atoms with van der Waals surface area (Å²) >= 11 is 0. The summed E-state index contributed by atoms with van der Waals surface area (Å²) in [7, 11) is 0. The number of nitrogens with zero attached hydrogens (tertiary/aromatic N) is 1. The molecule has 72 valence electrons. The van der Waals surface area contributed by atoms with Crippen LogP contribution in [0.25, 0.3) is 11.0 Å². The maximum atomic E-state index is 5.22. The number of benzene rings is 1. The molecule has 0 bridgehead atoms. The minimum atomic E-state index is 0.646. The van der Waals surface area contributed by atoms with Crippen LogP contribution in [0.4, 0.5) is 5.82 Å². The molecule has 2 aromatic rings. The van der Waals surface area contributed by atoms with E-state index >= 15 is 0 Å². The van der Waals surface area contributed by atoms with Gasteiger partial charge in [-0.3, -0.25) is 0 Å². The van der Waals surface area contributed by atoms with Crippen LogP contribution in [0, 0.1) is 0 Å². The van der Waals surface area contributed by atoms with Gasteiger partial charge >= 0.3 is 0 Å². The Kier molecular flexibility index (Phi) is 2.36. The Morgan fingerprint density at radius 3 is 3.14 bits per heavy atom. The average molecular weight is 189 g/mol. The lowest BCUT2D eigenvalue weighted by molar-refractivity contribution is 0.459. The van der Waals surface area contributed by atoms with E-state index in [-0.39, 0.29) is 0 Å². The molecule has 1 aromatic carbocycles. The van der Waals surface area contributed by atoms with Gasteiger partial charge in [-0.05, 0) is 24.4 Å². The van der Waals surface area contributed by atoms with Gasteiger partial charge in [0.15, 0.2) is 11.4 Å². The number of hydrogen-bond donors (Lipinski definition) is 2. The van der Waals surface area contributed by atoms with Crippen LogP contribution in [0.5, 0.6) is 0 Å². The number of fused-ring (bicyclic) bond motifs is 1. The van der Waals surface area contributed by atoms with Gasteiger partial charge in [-0.2, -0.15) is 0 Å². The first-order chi connectivity index (χ1) is 6.92. The highest BCUT2D eigenvalue weighted by Gasteiger charge is 2.04.